The zero-order valence-electron chi connectivity index (χ0n) is 19.3. The average molecular weight is 625 g/mol. The predicted molar refractivity (Wildman–Crippen MR) is 123 cm³/mol. The van der Waals surface area contributed by atoms with Crippen LogP contribution in [-0.2, 0) is 0 Å². The maximum Gasteiger partial charge on any atom is 4.00 e. The van der Waals surface area contributed by atoms with E-state index in [9.17, 15) is 39.6 Å². The molecule has 4 rings (SSSR count). The first-order valence-corrected chi connectivity index (χ1v) is 10.3. The molecule has 0 bridgehead atoms. The van der Waals surface area contributed by atoms with Gasteiger partial charge in [-0.25, -0.2) is 0 Å². The Hall–Kier alpha value is -3.86. The van der Waals surface area contributed by atoms with E-state index >= 15 is 0 Å². The molecule has 0 atom stereocenters. The molecule has 4 aromatic carbocycles. The molecule has 8 nitrogen and oxygen atoms in total. The molecule has 0 aliphatic rings. The molecule has 0 N–H and O–H groups in total. The number of carboxylic acid groups (broad SMARTS) is 4. The number of aromatic carboxylic acids is 4. The van der Waals surface area contributed by atoms with Crippen molar-refractivity contribution < 1.29 is 81.4 Å². The van der Waals surface area contributed by atoms with Crippen LogP contribution in [0.4, 0.5) is 0 Å². The summed E-state index contributed by atoms with van der Waals surface area (Å²) >= 11 is 0. The summed E-state index contributed by atoms with van der Waals surface area (Å²) in [5.74, 6) is -4.52. The van der Waals surface area contributed by atoms with Crippen molar-refractivity contribution in [3.63, 3.8) is 0 Å². The first-order valence-electron chi connectivity index (χ1n) is 10.3. The quantitative estimate of drug-likeness (QED) is 0.311. The van der Waals surface area contributed by atoms with E-state index < -0.39 is 23.9 Å². The molecular weight excluding hydrogens is 604 g/mol. The molecule has 37 heavy (non-hydrogen) atoms. The van der Waals surface area contributed by atoms with E-state index in [4.69, 9.17) is 0 Å². The van der Waals surface area contributed by atoms with E-state index in [1.54, 1.807) is 72.8 Å². The molecular formula is C28H20CeO8. The van der Waals surface area contributed by atoms with Gasteiger partial charge in [-0.2, -0.15) is 0 Å². The van der Waals surface area contributed by atoms with Gasteiger partial charge in [0, 0.05) is 0 Å². The molecule has 0 saturated carbocycles. The molecule has 0 amide bonds. The Bertz CT molecular complexity index is 1020. The Balaban J connectivity index is 0.000000463. The zero-order chi connectivity index (χ0) is 26.8. The van der Waals surface area contributed by atoms with Crippen molar-refractivity contribution in [2.75, 3.05) is 0 Å². The molecule has 0 spiro atoms. The molecule has 0 heterocycles. The summed E-state index contributed by atoms with van der Waals surface area (Å²) in [6.07, 6.45) is 0. The molecule has 4 aromatic rings. The Morgan fingerprint density at radius 3 is 0.541 bits per heavy atom. The van der Waals surface area contributed by atoms with E-state index in [-0.39, 0.29) is 64.0 Å². The third kappa shape index (κ3) is 15.0. The number of carbonyl (C=O) groups is 4. The van der Waals surface area contributed by atoms with Crippen molar-refractivity contribution in [3.05, 3.63) is 144 Å². The monoisotopic (exact) mass is 624 g/mol. The molecule has 0 fully saturated rings. The molecule has 0 radical (unpaired) electrons. The average Bonchev–Trinajstić information content (AvgIpc) is 2.92. The Kier molecular flexibility index (Phi) is 17.3. The third-order valence-corrected chi connectivity index (χ3v) is 4.04. The van der Waals surface area contributed by atoms with Gasteiger partial charge in [0.05, 0.1) is 23.9 Å². The van der Waals surface area contributed by atoms with Crippen LogP contribution in [0.1, 0.15) is 41.4 Å². The minimum atomic E-state index is -1.13. The summed E-state index contributed by atoms with van der Waals surface area (Å²) in [5.41, 5.74) is 0.880. The number of rotatable bonds is 4. The molecule has 0 aliphatic heterocycles. The standard InChI is InChI=1S/4C7H6O2.Ce/c4*8-7(9)6-4-2-1-3-5-6;/h4*1-5H,(H,8,9);/q;;;;+4/p-4. The van der Waals surface area contributed by atoms with Crippen molar-refractivity contribution in [2.24, 2.45) is 0 Å². The van der Waals surface area contributed by atoms with Crippen molar-refractivity contribution in [1.82, 2.24) is 0 Å². The van der Waals surface area contributed by atoms with E-state index in [0.717, 1.165) is 0 Å². The molecule has 9 heteroatoms. The number of hydrogen-bond acceptors (Lipinski definition) is 8. The Morgan fingerprint density at radius 2 is 0.459 bits per heavy atom. The van der Waals surface area contributed by atoms with Gasteiger partial charge in [-0.05, 0) is 22.3 Å². The molecule has 0 aliphatic carbocycles. The van der Waals surface area contributed by atoms with Gasteiger partial charge in [-0.1, -0.05) is 121 Å². The molecule has 0 saturated heterocycles. The van der Waals surface area contributed by atoms with Gasteiger partial charge >= 0.3 is 41.7 Å². The Morgan fingerprint density at radius 1 is 0.324 bits per heavy atom. The van der Waals surface area contributed by atoms with Crippen LogP contribution >= 0.6 is 0 Å². The molecule has 184 valence electrons. The topological polar surface area (TPSA) is 161 Å². The largest absolute Gasteiger partial charge is 4.00 e. The third-order valence-electron chi connectivity index (χ3n) is 4.04. The van der Waals surface area contributed by atoms with Crippen LogP contribution in [0.5, 0.6) is 0 Å². The minimum Gasteiger partial charge on any atom is -0.545 e. The summed E-state index contributed by atoms with van der Waals surface area (Å²) in [5, 5.41) is 40.4. The molecule has 0 unspecified atom stereocenters. The summed E-state index contributed by atoms with van der Waals surface area (Å²) in [4.78, 5) is 40.4. The number of carboxylic acids is 4. The van der Waals surface area contributed by atoms with Gasteiger partial charge in [0.1, 0.15) is 0 Å². The van der Waals surface area contributed by atoms with Gasteiger partial charge in [-0.3, -0.25) is 0 Å². The molecule has 0 aromatic heterocycles. The fourth-order valence-corrected chi connectivity index (χ4v) is 2.30. The van der Waals surface area contributed by atoms with Crippen molar-refractivity contribution in [1.29, 1.82) is 0 Å². The number of benzene rings is 4. The van der Waals surface area contributed by atoms with Gasteiger partial charge in [0.25, 0.3) is 0 Å². The second-order valence-corrected chi connectivity index (χ2v) is 6.61. The van der Waals surface area contributed by atoms with Crippen LogP contribution in [-0.4, -0.2) is 23.9 Å². The van der Waals surface area contributed by atoms with E-state index in [1.165, 1.54) is 48.5 Å². The fourth-order valence-electron chi connectivity index (χ4n) is 2.30. The van der Waals surface area contributed by atoms with E-state index in [0.29, 0.717) is 0 Å². The summed E-state index contributed by atoms with van der Waals surface area (Å²) in [7, 11) is 0. The second-order valence-electron chi connectivity index (χ2n) is 6.61. The van der Waals surface area contributed by atoms with Gasteiger partial charge < -0.3 is 39.6 Å². The second kappa shape index (κ2) is 19.3. The van der Waals surface area contributed by atoms with Gasteiger partial charge in [-0.15, -0.1) is 0 Å². The van der Waals surface area contributed by atoms with Gasteiger partial charge in [0.2, 0.25) is 0 Å². The fraction of sp³-hybridized carbons (Fsp3) is 0. The van der Waals surface area contributed by atoms with E-state index in [1.807, 2.05) is 0 Å². The van der Waals surface area contributed by atoms with Crippen molar-refractivity contribution in [2.45, 2.75) is 0 Å². The van der Waals surface area contributed by atoms with Crippen LogP contribution in [0.2, 0.25) is 0 Å². The maximum absolute atomic E-state index is 10.1. The minimum absolute atomic E-state index is 0. The number of carbonyl (C=O) groups excluding carboxylic acids is 4. The normalized spacial score (nSPS) is 8.65. The van der Waals surface area contributed by atoms with Crippen molar-refractivity contribution >= 4 is 23.9 Å². The van der Waals surface area contributed by atoms with Crippen LogP contribution < -0.4 is 20.4 Å². The predicted octanol–water partition coefficient (Wildman–Crippen LogP) is 0.200. The smallest absolute Gasteiger partial charge is 0.545 e. The van der Waals surface area contributed by atoms with Gasteiger partial charge in [0.15, 0.2) is 0 Å². The van der Waals surface area contributed by atoms with Crippen LogP contribution in [0, 0.1) is 41.7 Å². The van der Waals surface area contributed by atoms with Crippen LogP contribution in [0.15, 0.2) is 121 Å². The Labute approximate surface area is 247 Å². The zero-order valence-corrected chi connectivity index (χ0v) is 22.5. The summed E-state index contributed by atoms with van der Waals surface area (Å²) < 4.78 is 0. The SMILES string of the molecule is O=C([O-])c1ccccc1.O=C([O-])c1ccccc1.O=C([O-])c1ccccc1.O=C([O-])c1ccccc1.[Ce+4]. The maximum atomic E-state index is 10.1. The first kappa shape index (κ1) is 33.1. The summed E-state index contributed by atoms with van der Waals surface area (Å²) in [6, 6.07) is 32.3. The summed E-state index contributed by atoms with van der Waals surface area (Å²) in [6.45, 7) is 0. The first-order chi connectivity index (χ1) is 17.2. The van der Waals surface area contributed by atoms with Crippen LogP contribution in [0.3, 0.4) is 0 Å². The number of hydrogen-bond donors (Lipinski definition) is 0. The van der Waals surface area contributed by atoms with Crippen LogP contribution in [0.25, 0.3) is 0 Å². The van der Waals surface area contributed by atoms with E-state index in [2.05, 4.69) is 0 Å². The van der Waals surface area contributed by atoms with Crippen molar-refractivity contribution in [3.8, 4) is 0 Å².